The van der Waals surface area contributed by atoms with Crippen molar-refractivity contribution < 1.29 is 19.1 Å². The number of aliphatic imine (C=N–C) groups is 1. The number of imidazole rings is 1. The van der Waals surface area contributed by atoms with Gasteiger partial charge in [-0.1, -0.05) is 22.0 Å². The second kappa shape index (κ2) is 10.1. The van der Waals surface area contributed by atoms with Crippen LogP contribution in [-0.2, 0) is 19.1 Å². The topological polar surface area (TPSA) is 95.7 Å². The number of benzene rings is 1. The number of halogens is 1. The molecular formula is C26H27BrN4O4. The SMILES string of the molecule is CC(=O)OC(C)(C)CC(=O)OCC[C@@H]1N=C(c2ccccn2)c2cc(Br)ccc2-n2c(C)cnc21. The van der Waals surface area contributed by atoms with E-state index in [2.05, 4.69) is 30.5 Å². The number of esters is 2. The predicted octanol–water partition coefficient (Wildman–Crippen LogP) is 4.90. The molecule has 0 unspecified atom stereocenters. The molecule has 0 saturated carbocycles. The lowest BCUT2D eigenvalue weighted by Crippen LogP contribution is -2.31. The number of carbonyl (C=O) groups is 2. The van der Waals surface area contributed by atoms with Crippen LogP contribution in [0.5, 0.6) is 0 Å². The highest BCUT2D eigenvalue weighted by Gasteiger charge is 2.29. The van der Waals surface area contributed by atoms with Crippen LogP contribution in [0.15, 0.2) is 58.3 Å². The van der Waals surface area contributed by atoms with Crippen molar-refractivity contribution in [2.45, 2.75) is 52.2 Å². The number of aryl methyl sites for hydroxylation is 1. The summed E-state index contributed by atoms with van der Waals surface area (Å²) >= 11 is 3.59. The molecule has 1 atom stereocenters. The number of hydrogen-bond acceptors (Lipinski definition) is 7. The molecule has 0 radical (unpaired) electrons. The molecule has 0 spiro atoms. The highest BCUT2D eigenvalue weighted by atomic mass is 79.9. The van der Waals surface area contributed by atoms with Crippen LogP contribution in [0, 0.1) is 6.92 Å². The fraction of sp³-hybridized carbons (Fsp3) is 0.346. The van der Waals surface area contributed by atoms with Crippen LogP contribution in [0.3, 0.4) is 0 Å². The molecule has 1 aliphatic heterocycles. The predicted molar refractivity (Wildman–Crippen MR) is 135 cm³/mol. The van der Waals surface area contributed by atoms with Crippen LogP contribution >= 0.6 is 15.9 Å². The summed E-state index contributed by atoms with van der Waals surface area (Å²) in [6, 6.07) is 11.4. The van der Waals surface area contributed by atoms with E-state index in [0.29, 0.717) is 6.42 Å². The molecule has 9 heteroatoms. The molecule has 0 aliphatic carbocycles. The number of fused-ring (bicyclic) bond motifs is 3. The highest BCUT2D eigenvalue weighted by molar-refractivity contribution is 9.10. The van der Waals surface area contributed by atoms with Crippen LogP contribution in [0.2, 0.25) is 0 Å². The molecule has 0 bridgehead atoms. The first-order valence-corrected chi connectivity index (χ1v) is 12.1. The summed E-state index contributed by atoms with van der Waals surface area (Å²) in [5.41, 5.74) is 3.44. The molecule has 0 amide bonds. The Morgan fingerprint density at radius 2 is 1.97 bits per heavy atom. The molecular weight excluding hydrogens is 512 g/mol. The maximum atomic E-state index is 12.4. The Labute approximate surface area is 212 Å². The molecule has 8 nitrogen and oxygen atoms in total. The lowest BCUT2D eigenvalue weighted by atomic mass is 10.0. The Kier molecular flexibility index (Phi) is 7.16. The minimum absolute atomic E-state index is 0.0348. The molecule has 4 rings (SSSR count). The van der Waals surface area contributed by atoms with Gasteiger partial charge in [0.25, 0.3) is 0 Å². The van der Waals surface area contributed by atoms with E-state index >= 15 is 0 Å². The van der Waals surface area contributed by atoms with E-state index in [1.165, 1.54) is 6.92 Å². The maximum absolute atomic E-state index is 12.4. The van der Waals surface area contributed by atoms with Gasteiger partial charge in [0.1, 0.15) is 17.5 Å². The lowest BCUT2D eigenvalue weighted by Gasteiger charge is -2.23. The van der Waals surface area contributed by atoms with Gasteiger partial charge >= 0.3 is 11.9 Å². The molecule has 1 aliphatic rings. The van der Waals surface area contributed by atoms with Crippen molar-refractivity contribution in [3.63, 3.8) is 0 Å². The van der Waals surface area contributed by atoms with Gasteiger partial charge < -0.3 is 9.47 Å². The summed E-state index contributed by atoms with van der Waals surface area (Å²) in [4.78, 5) is 38.0. The van der Waals surface area contributed by atoms with E-state index in [9.17, 15) is 9.59 Å². The molecule has 1 aromatic carbocycles. The summed E-state index contributed by atoms with van der Waals surface area (Å²) in [5, 5.41) is 0. The number of hydrogen-bond donors (Lipinski definition) is 0. The molecule has 3 heterocycles. The normalized spacial score (nSPS) is 14.9. The Hall–Kier alpha value is -3.33. The van der Waals surface area contributed by atoms with Gasteiger partial charge in [-0.15, -0.1) is 0 Å². The van der Waals surface area contributed by atoms with Crippen molar-refractivity contribution in [2.24, 2.45) is 4.99 Å². The number of aromatic nitrogens is 3. The quantitative estimate of drug-likeness (QED) is 0.397. The number of carbonyl (C=O) groups excluding carboxylic acids is 2. The lowest BCUT2D eigenvalue weighted by molar-refractivity contribution is -0.161. The van der Waals surface area contributed by atoms with Gasteiger partial charge in [0.2, 0.25) is 0 Å². The van der Waals surface area contributed by atoms with Crippen LogP contribution in [-0.4, -0.2) is 44.4 Å². The zero-order valence-electron chi connectivity index (χ0n) is 20.1. The van der Waals surface area contributed by atoms with Crippen molar-refractivity contribution in [1.82, 2.24) is 14.5 Å². The number of rotatable bonds is 7. The monoisotopic (exact) mass is 538 g/mol. The van der Waals surface area contributed by atoms with Crippen molar-refractivity contribution in [3.8, 4) is 5.69 Å². The van der Waals surface area contributed by atoms with Crippen molar-refractivity contribution >= 4 is 33.6 Å². The van der Waals surface area contributed by atoms with Gasteiger partial charge in [0.15, 0.2) is 0 Å². The van der Waals surface area contributed by atoms with E-state index in [1.54, 1.807) is 20.0 Å². The first kappa shape index (κ1) is 24.8. The van der Waals surface area contributed by atoms with Crippen molar-refractivity contribution in [1.29, 1.82) is 0 Å². The Morgan fingerprint density at radius 1 is 1.17 bits per heavy atom. The minimum Gasteiger partial charge on any atom is -0.465 e. The fourth-order valence-electron chi connectivity index (χ4n) is 4.19. The zero-order valence-corrected chi connectivity index (χ0v) is 21.7. The van der Waals surface area contributed by atoms with E-state index in [4.69, 9.17) is 14.5 Å². The Morgan fingerprint density at radius 3 is 2.69 bits per heavy atom. The van der Waals surface area contributed by atoms with E-state index in [0.717, 1.165) is 38.6 Å². The average Bonchev–Trinajstić information content (AvgIpc) is 3.10. The molecule has 35 heavy (non-hydrogen) atoms. The van der Waals surface area contributed by atoms with E-state index in [1.807, 2.05) is 49.5 Å². The van der Waals surface area contributed by atoms with Crippen LogP contribution in [0.25, 0.3) is 5.69 Å². The third-order valence-electron chi connectivity index (χ3n) is 5.55. The van der Waals surface area contributed by atoms with Gasteiger partial charge in [-0.25, -0.2) is 4.98 Å². The summed E-state index contributed by atoms with van der Waals surface area (Å²) in [5.74, 6) is -0.107. The number of ether oxygens (including phenoxy) is 2. The first-order chi connectivity index (χ1) is 16.6. The molecule has 182 valence electrons. The third kappa shape index (κ3) is 5.67. The molecule has 0 saturated heterocycles. The van der Waals surface area contributed by atoms with Crippen molar-refractivity contribution in [2.75, 3.05) is 6.61 Å². The van der Waals surface area contributed by atoms with Gasteiger partial charge in [0.05, 0.1) is 30.1 Å². The highest BCUT2D eigenvalue weighted by Crippen LogP contribution is 2.34. The Balaban J connectivity index is 1.63. The molecule has 3 aromatic rings. The van der Waals surface area contributed by atoms with Gasteiger partial charge in [-0.2, -0.15) is 0 Å². The minimum atomic E-state index is -0.933. The maximum Gasteiger partial charge on any atom is 0.309 e. The average molecular weight is 539 g/mol. The number of nitrogens with zero attached hydrogens (tertiary/aromatic N) is 4. The van der Waals surface area contributed by atoms with Gasteiger partial charge in [-0.3, -0.25) is 24.1 Å². The Bertz CT molecular complexity index is 1280. The standard InChI is InChI=1S/C26H27BrN4O4/c1-16-15-29-25-21(10-12-34-23(33)14-26(3,4)35-17(2)32)30-24(20-7-5-6-11-28-20)19-13-18(27)8-9-22(19)31(16)25/h5-9,11,13,15,21H,10,12,14H2,1-4H3/t21-/m0/s1. The second-order valence-electron chi connectivity index (χ2n) is 9.00. The fourth-order valence-corrected chi connectivity index (χ4v) is 4.55. The summed E-state index contributed by atoms with van der Waals surface area (Å²) in [6.45, 7) is 6.82. The van der Waals surface area contributed by atoms with Crippen LogP contribution in [0.4, 0.5) is 0 Å². The summed E-state index contributed by atoms with van der Waals surface area (Å²) in [6.07, 6.45) is 3.96. The van der Waals surface area contributed by atoms with E-state index < -0.39 is 17.5 Å². The molecule has 2 aromatic heterocycles. The first-order valence-electron chi connectivity index (χ1n) is 11.3. The van der Waals surface area contributed by atoms with Crippen molar-refractivity contribution in [3.05, 3.63) is 76.0 Å². The number of pyridine rings is 1. The third-order valence-corrected chi connectivity index (χ3v) is 6.05. The molecule has 0 N–H and O–H groups in total. The van der Waals surface area contributed by atoms with Crippen LogP contribution in [0.1, 0.15) is 62.4 Å². The van der Waals surface area contributed by atoms with Gasteiger partial charge in [0, 0.05) is 41.5 Å². The largest absolute Gasteiger partial charge is 0.465 e. The van der Waals surface area contributed by atoms with Crippen LogP contribution < -0.4 is 0 Å². The van der Waals surface area contributed by atoms with Gasteiger partial charge in [-0.05, 0) is 51.1 Å². The second-order valence-corrected chi connectivity index (χ2v) is 9.92. The smallest absolute Gasteiger partial charge is 0.309 e. The summed E-state index contributed by atoms with van der Waals surface area (Å²) < 4.78 is 13.7. The zero-order chi connectivity index (χ0) is 25.2. The molecule has 0 fully saturated rings. The van der Waals surface area contributed by atoms with E-state index in [-0.39, 0.29) is 19.1 Å². The summed E-state index contributed by atoms with van der Waals surface area (Å²) in [7, 11) is 0.